The van der Waals surface area contributed by atoms with Gasteiger partial charge in [-0.05, 0) is 38.2 Å². The van der Waals surface area contributed by atoms with Crippen molar-refractivity contribution in [2.45, 2.75) is 38.7 Å². The first-order chi connectivity index (χ1) is 10.4. The van der Waals surface area contributed by atoms with Gasteiger partial charge >= 0.3 is 0 Å². The third-order valence-electron chi connectivity index (χ3n) is 3.60. The minimum atomic E-state index is 0. The summed E-state index contributed by atoms with van der Waals surface area (Å²) >= 11 is 0. The van der Waals surface area contributed by atoms with Crippen LogP contribution in [0.1, 0.15) is 31.7 Å². The molecule has 2 rings (SSSR count). The summed E-state index contributed by atoms with van der Waals surface area (Å²) in [4.78, 5) is 4.61. The van der Waals surface area contributed by atoms with Crippen LogP contribution in [0.15, 0.2) is 35.3 Å². The number of aliphatic imine (C=N–C) groups is 1. The standard InChI is InChI=1S/C17H27N3O.HI/c1-2-18-17(20-14-16-11-7-13-21-16)19-12-6-10-15-8-4-3-5-9-15;/h3-5,8-9,16H,2,6-7,10-14H2,1H3,(H2,18,19,20);1H. The van der Waals surface area contributed by atoms with Crippen molar-refractivity contribution in [3.8, 4) is 0 Å². The van der Waals surface area contributed by atoms with Gasteiger partial charge in [0.2, 0.25) is 0 Å². The molecule has 22 heavy (non-hydrogen) atoms. The van der Waals surface area contributed by atoms with E-state index in [2.05, 4.69) is 52.9 Å². The van der Waals surface area contributed by atoms with Gasteiger partial charge in [-0.25, -0.2) is 0 Å². The van der Waals surface area contributed by atoms with Crippen molar-refractivity contribution in [2.75, 3.05) is 26.2 Å². The number of nitrogens with zero attached hydrogens (tertiary/aromatic N) is 1. The van der Waals surface area contributed by atoms with E-state index in [0.29, 0.717) is 6.10 Å². The SMILES string of the molecule is CCNC(=NCC1CCCO1)NCCCc1ccccc1.I. The molecule has 4 nitrogen and oxygen atoms in total. The summed E-state index contributed by atoms with van der Waals surface area (Å²) in [5, 5.41) is 6.69. The number of aryl methyl sites for hydroxylation is 1. The van der Waals surface area contributed by atoms with Crippen molar-refractivity contribution in [2.24, 2.45) is 4.99 Å². The topological polar surface area (TPSA) is 45.7 Å². The molecule has 2 N–H and O–H groups in total. The summed E-state index contributed by atoms with van der Waals surface area (Å²) in [6.45, 7) is 5.56. The Hall–Kier alpha value is -0.820. The largest absolute Gasteiger partial charge is 0.376 e. The lowest BCUT2D eigenvalue weighted by Crippen LogP contribution is -2.38. The molecule has 1 aromatic rings. The summed E-state index contributed by atoms with van der Waals surface area (Å²) in [5.41, 5.74) is 1.39. The fourth-order valence-corrected chi connectivity index (χ4v) is 2.47. The van der Waals surface area contributed by atoms with Crippen LogP contribution >= 0.6 is 24.0 Å². The van der Waals surface area contributed by atoms with E-state index in [0.717, 1.165) is 51.5 Å². The Balaban J connectivity index is 0.00000242. The molecule has 1 aliphatic rings. The molecule has 1 aromatic carbocycles. The van der Waals surface area contributed by atoms with Gasteiger partial charge in [0.1, 0.15) is 0 Å². The Labute approximate surface area is 151 Å². The maximum Gasteiger partial charge on any atom is 0.191 e. The van der Waals surface area contributed by atoms with E-state index in [1.54, 1.807) is 0 Å². The van der Waals surface area contributed by atoms with Gasteiger partial charge in [-0.3, -0.25) is 4.99 Å². The molecule has 0 amide bonds. The van der Waals surface area contributed by atoms with Gasteiger partial charge in [0.05, 0.1) is 12.6 Å². The van der Waals surface area contributed by atoms with Crippen molar-refractivity contribution in [3.05, 3.63) is 35.9 Å². The van der Waals surface area contributed by atoms with Gasteiger partial charge in [-0.1, -0.05) is 30.3 Å². The molecule has 1 saturated heterocycles. The van der Waals surface area contributed by atoms with E-state index < -0.39 is 0 Å². The molecule has 1 atom stereocenters. The van der Waals surface area contributed by atoms with E-state index in [-0.39, 0.29) is 24.0 Å². The maximum absolute atomic E-state index is 5.60. The molecule has 1 heterocycles. The highest BCUT2D eigenvalue weighted by Gasteiger charge is 2.14. The van der Waals surface area contributed by atoms with E-state index in [4.69, 9.17) is 4.74 Å². The average molecular weight is 417 g/mol. The number of rotatable bonds is 7. The summed E-state index contributed by atoms with van der Waals surface area (Å²) in [6.07, 6.45) is 4.82. The Morgan fingerprint density at radius 1 is 1.27 bits per heavy atom. The molecular weight excluding hydrogens is 389 g/mol. The number of halogens is 1. The molecule has 0 radical (unpaired) electrons. The van der Waals surface area contributed by atoms with Crippen LogP contribution in [0, 0.1) is 0 Å². The van der Waals surface area contributed by atoms with E-state index >= 15 is 0 Å². The van der Waals surface area contributed by atoms with Gasteiger partial charge in [0.15, 0.2) is 5.96 Å². The number of ether oxygens (including phenoxy) is 1. The summed E-state index contributed by atoms with van der Waals surface area (Å²) in [7, 11) is 0. The molecular formula is C17H28IN3O. The van der Waals surface area contributed by atoms with Crippen LogP contribution in [0.4, 0.5) is 0 Å². The molecule has 1 fully saturated rings. The minimum absolute atomic E-state index is 0. The Morgan fingerprint density at radius 3 is 2.77 bits per heavy atom. The number of hydrogen-bond acceptors (Lipinski definition) is 2. The van der Waals surface area contributed by atoms with E-state index in [9.17, 15) is 0 Å². The lowest BCUT2D eigenvalue weighted by Gasteiger charge is -2.12. The van der Waals surface area contributed by atoms with Gasteiger partial charge in [0.25, 0.3) is 0 Å². The molecule has 0 aliphatic carbocycles. The van der Waals surface area contributed by atoms with Crippen LogP contribution in [0.5, 0.6) is 0 Å². The fourth-order valence-electron chi connectivity index (χ4n) is 2.47. The fraction of sp³-hybridized carbons (Fsp3) is 0.588. The van der Waals surface area contributed by atoms with Crippen molar-refractivity contribution in [1.29, 1.82) is 0 Å². The lowest BCUT2D eigenvalue weighted by molar-refractivity contribution is 0.117. The zero-order chi connectivity index (χ0) is 14.8. The molecule has 0 bridgehead atoms. The van der Waals surface area contributed by atoms with Gasteiger partial charge in [0, 0.05) is 19.7 Å². The first-order valence-electron chi connectivity index (χ1n) is 8.06. The van der Waals surface area contributed by atoms with Crippen LogP contribution in [-0.2, 0) is 11.2 Å². The number of nitrogens with one attached hydrogen (secondary N) is 2. The highest BCUT2D eigenvalue weighted by Crippen LogP contribution is 2.11. The zero-order valence-electron chi connectivity index (χ0n) is 13.4. The predicted molar refractivity (Wildman–Crippen MR) is 103 cm³/mol. The van der Waals surface area contributed by atoms with Crippen LogP contribution in [0.25, 0.3) is 0 Å². The van der Waals surface area contributed by atoms with Crippen LogP contribution in [0.2, 0.25) is 0 Å². The molecule has 0 saturated carbocycles. The quantitative estimate of drug-likeness (QED) is 0.310. The molecule has 1 unspecified atom stereocenters. The van der Waals surface area contributed by atoms with Crippen molar-refractivity contribution in [1.82, 2.24) is 10.6 Å². The van der Waals surface area contributed by atoms with E-state index in [1.165, 1.54) is 12.0 Å². The van der Waals surface area contributed by atoms with E-state index in [1.807, 2.05) is 0 Å². The first-order valence-corrected chi connectivity index (χ1v) is 8.06. The zero-order valence-corrected chi connectivity index (χ0v) is 15.7. The average Bonchev–Trinajstić information content (AvgIpc) is 3.03. The maximum atomic E-state index is 5.60. The second-order valence-electron chi connectivity index (χ2n) is 5.37. The van der Waals surface area contributed by atoms with Crippen molar-refractivity contribution >= 4 is 29.9 Å². The highest BCUT2D eigenvalue weighted by molar-refractivity contribution is 14.0. The van der Waals surface area contributed by atoms with Crippen LogP contribution < -0.4 is 10.6 Å². The predicted octanol–water partition coefficient (Wildman–Crippen LogP) is 2.97. The number of guanidine groups is 1. The van der Waals surface area contributed by atoms with Crippen LogP contribution in [0.3, 0.4) is 0 Å². The third-order valence-corrected chi connectivity index (χ3v) is 3.60. The summed E-state index contributed by atoms with van der Waals surface area (Å²) in [5.74, 6) is 0.904. The Kier molecular flexibility index (Phi) is 10.2. The minimum Gasteiger partial charge on any atom is -0.376 e. The second kappa shape index (κ2) is 11.7. The summed E-state index contributed by atoms with van der Waals surface area (Å²) in [6, 6.07) is 10.6. The number of benzene rings is 1. The smallest absolute Gasteiger partial charge is 0.191 e. The van der Waals surface area contributed by atoms with Gasteiger partial charge in [-0.2, -0.15) is 0 Å². The van der Waals surface area contributed by atoms with Gasteiger partial charge < -0.3 is 15.4 Å². The second-order valence-corrected chi connectivity index (χ2v) is 5.37. The van der Waals surface area contributed by atoms with Crippen molar-refractivity contribution < 1.29 is 4.74 Å². The highest BCUT2D eigenvalue weighted by atomic mass is 127. The van der Waals surface area contributed by atoms with Crippen molar-refractivity contribution in [3.63, 3.8) is 0 Å². The monoisotopic (exact) mass is 417 g/mol. The molecule has 124 valence electrons. The Bertz CT molecular complexity index is 419. The first kappa shape index (κ1) is 19.2. The molecule has 5 heteroatoms. The Morgan fingerprint density at radius 2 is 2.09 bits per heavy atom. The molecule has 0 aromatic heterocycles. The normalized spacial score (nSPS) is 17.9. The molecule has 1 aliphatic heterocycles. The summed E-state index contributed by atoms with van der Waals surface area (Å²) < 4.78 is 5.60. The van der Waals surface area contributed by atoms with Crippen LogP contribution in [-0.4, -0.2) is 38.3 Å². The van der Waals surface area contributed by atoms with Gasteiger partial charge in [-0.15, -0.1) is 24.0 Å². The molecule has 0 spiro atoms. The lowest BCUT2D eigenvalue weighted by atomic mass is 10.1. The third kappa shape index (κ3) is 7.45. The number of hydrogen-bond donors (Lipinski definition) is 2.